The molecule has 0 saturated carbocycles. The summed E-state index contributed by atoms with van der Waals surface area (Å²) in [5, 5.41) is 6.28. The van der Waals surface area contributed by atoms with Crippen molar-refractivity contribution in [2.45, 2.75) is 45.8 Å². The van der Waals surface area contributed by atoms with Crippen molar-refractivity contribution in [1.82, 2.24) is 20.2 Å². The first kappa shape index (κ1) is 19.7. The van der Waals surface area contributed by atoms with E-state index >= 15 is 0 Å². The number of ether oxygens (including phenoxy) is 1. The van der Waals surface area contributed by atoms with Crippen molar-refractivity contribution in [3.8, 4) is 0 Å². The van der Waals surface area contributed by atoms with E-state index in [9.17, 15) is 4.79 Å². The van der Waals surface area contributed by atoms with Gasteiger partial charge in [-0.05, 0) is 31.4 Å². The summed E-state index contributed by atoms with van der Waals surface area (Å²) in [6.07, 6.45) is 2.49. The molecule has 2 aliphatic rings. The number of urea groups is 1. The first-order valence-electron chi connectivity index (χ1n) is 10.2. The van der Waals surface area contributed by atoms with E-state index in [0.29, 0.717) is 51.3 Å². The molecule has 2 aliphatic heterocycles. The van der Waals surface area contributed by atoms with Crippen molar-refractivity contribution < 1.29 is 13.9 Å². The molecule has 0 bridgehead atoms. The lowest BCUT2D eigenvalue weighted by Crippen LogP contribution is -2.45. The first-order valence-corrected chi connectivity index (χ1v) is 10.2. The SMILES string of the molecule is Cc1nc(NCc2ccco2)nc2c1COC[C@]21CCN(C(=O)NCC(C)C)C1. The van der Waals surface area contributed by atoms with Gasteiger partial charge >= 0.3 is 6.03 Å². The largest absolute Gasteiger partial charge is 0.467 e. The monoisotopic (exact) mass is 399 g/mol. The van der Waals surface area contributed by atoms with Gasteiger partial charge in [-0.25, -0.2) is 14.8 Å². The summed E-state index contributed by atoms with van der Waals surface area (Å²) in [6.45, 7) is 9.77. The lowest BCUT2D eigenvalue weighted by molar-refractivity contribution is 0.0514. The Labute approximate surface area is 171 Å². The molecule has 0 aromatic carbocycles. The van der Waals surface area contributed by atoms with Gasteiger partial charge in [-0.15, -0.1) is 0 Å². The van der Waals surface area contributed by atoms with Crippen molar-refractivity contribution in [2.75, 3.05) is 31.6 Å². The fourth-order valence-electron chi connectivity index (χ4n) is 4.04. The average Bonchev–Trinajstić information content (AvgIpc) is 3.36. The van der Waals surface area contributed by atoms with Crippen LogP contribution in [0.2, 0.25) is 0 Å². The second kappa shape index (κ2) is 8.02. The normalized spacial score (nSPS) is 20.9. The van der Waals surface area contributed by atoms with E-state index in [1.54, 1.807) is 6.26 Å². The van der Waals surface area contributed by atoms with E-state index in [2.05, 4.69) is 29.5 Å². The average molecular weight is 399 g/mol. The van der Waals surface area contributed by atoms with Crippen LogP contribution in [-0.2, 0) is 23.3 Å². The Morgan fingerprint density at radius 2 is 2.24 bits per heavy atom. The molecule has 0 unspecified atom stereocenters. The Bertz CT molecular complexity index is 867. The van der Waals surface area contributed by atoms with Crippen LogP contribution >= 0.6 is 0 Å². The van der Waals surface area contributed by atoms with Crippen LogP contribution in [0, 0.1) is 12.8 Å². The predicted molar refractivity (Wildman–Crippen MR) is 109 cm³/mol. The molecule has 1 spiro atoms. The van der Waals surface area contributed by atoms with Gasteiger partial charge in [0.1, 0.15) is 5.76 Å². The molecular weight excluding hydrogens is 370 g/mol. The summed E-state index contributed by atoms with van der Waals surface area (Å²) in [5.41, 5.74) is 2.69. The summed E-state index contributed by atoms with van der Waals surface area (Å²) < 4.78 is 11.3. The van der Waals surface area contributed by atoms with Crippen LogP contribution in [0.5, 0.6) is 0 Å². The minimum Gasteiger partial charge on any atom is -0.467 e. The van der Waals surface area contributed by atoms with Crippen LogP contribution in [0.1, 0.15) is 43.0 Å². The number of hydrogen-bond acceptors (Lipinski definition) is 6. The summed E-state index contributed by atoms with van der Waals surface area (Å²) in [6, 6.07) is 3.77. The highest BCUT2D eigenvalue weighted by molar-refractivity contribution is 5.74. The standard InChI is InChI=1S/C21H29N5O3/c1-14(2)9-23-20(27)26-7-6-21(12-26)13-28-11-17-15(3)24-19(25-18(17)21)22-10-16-5-4-8-29-16/h4-5,8,14H,6-7,9-13H2,1-3H3,(H,23,27)(H,22,24,25)/t21-/m1/s1. The molecule has 4 rings (SSSR count). The Morgan fingerprint density at radius 1 is 1.38 bits per heavy atom. The van der Waals surface area contributed by atoms with Gasteiger partial charge in [0.05, 0.1) is 37.1 Å². The topological polar surface area (TPSA) is 92.5 Å². The number of nitrogens with zero attached hydrogens (tertiary/aromatic N) is 3. The number of hydrogen-bond donors (Lipinski definition) is 2. The number of carbonyl (C=O) groups is 1. The van der Waals surface area contributed by atoms with E-state index in [0.717, 1.165) is 29.1 Å². The number of nitrogens with one attached hydrogen (secondary N) is 2. The number of carbonyl (C=O) groups excluding carboxylic acids is 1. The van der Waals surface area contributed by atoms with Crippen LogP contribution in [0.4, 0.5) is 10.7 Å². The Morgan fingerprint density at radius 3 is 3.00 bits per heavy atom. The molecule has 29 heavy (non-hydrogen) atoms. The van der Waals surface area contributed by atoms with Crippen LogP contribution in [-0.4, -0.2) is 47.1 Å². The number of likely N-dealkylation sites (tertiary alicyclic amines) is 1. The molecule has 0 aliphatic carbocycles. The van der Waals surface area contributed by atoms with Crippen LogP contribution in [0.25, 0.3) is 0 Å². The van der Waals surface area contributed by atoms with Gasteiger partial charge in [0.15, 0.2) is 0 Å². The van der Waals surface area contributed by atoms with E-state index in [-0.39, 0.29) is 11.4 Å². The van der Waals surface area contributed by atoms with Gasteiger partial charge < -0.3 is 24.7 Å². The summed E-state index contributed by atoms with van der Waals surface area (Å²) in [7, 11) is 0. The van der Waals surface area contributed by atoms with Crippen molar-refractivity contribution in [3.05, 3.63) is 41.1 Å². The second-order valence-electron chi connectivity index (χ2n) is 8.42. The van der Waals surface area contributed by atoms with E-state index in [1.165, 1.54) is 0 Å². The molecule has 1 atom stereocenters. The van der Waals surface area contributed by atoms with Gasteiger partial charge in [-0.2, -0.15) is 0 Å². The minimum atomic E-state index is -0.280. The number of amides is 2. The summed E-state index contributed by atoms with van der Waals surface area (Å²) in [5.74, 6) is 1.84. The Kier molecular flexibility index (Phi) is 5.45. The lowest BCUT2D eigenvalue weighted by Gasteiger charge is -2.35. The number of aromatic nitrogens is 2. The second-order valence-corrected chi connectivity index (χ2v) is 8.42. The zero-order chi connectivity index (χ0) is 20.4. The third-order valence-electron chi connectivity index (χ3n) is 5.64. The van der Waals surface area contributed by atoms with Crippen LogP contribution in [0.3, 0.4) is 0 Å². The van der Waals surface area contributed by atoms with Crippen molar-refractivity contribution >= 4 is 12.0 Å². The number of rotatable bonds is 5. The van der Waals surface area contributed by atoms with Gasteiger partial charge in [0.25, 0.3) is 0 Å². The fraction of sp³-hybridized carbons (Fsp3) is 0.571. The van der Waals surface area contributed by atoms with Gasteiger partial charge in [0, 0.05) is 30.9 Å². The maximum atomic E-state index is 12.6. The smallest absolute Gasteiger partial charge is 0.317 e. The van der Waals surface area contributed by atoms with Crippen molar-refractivity contribution in [3.63, 3.8) is 0 Å². The zero-order valence-corrected chi connectivity index (χ0v) is 17.3. The molecule has 0 radical (unpaired) electrons. The van der Waals surface area contributed by atoms with E-state index in [4.69, 9.17) is 14.1 Å². The molecule has 8 nitrogen and oxygen atoms in total. The molecule has 1 saturated heterocycles. The number of anilines is 1. The van der Waals surface area contributed by atoms with Crippen molar-refractivity contribution in [2.24, 2.45) is 5.92 Å². The Balaban J connectivity index is 1.54. The molecular formula is C21H29N5O3. The molecule has 1 fully saturated rings. The zero-order valence-electron chi connectivity index (χ0n) is 17.3. The maximum absolute atomic E-state index is 12.6. The highest BCUT2D eigenvalue weighted by atomic mass is 16.5. The fourth-order valence-corrected chi connectivity index (χ4v) is 4.04. The molecule has 8 heteroatoms. The number of furan rings is 1. The third-order valence-corrected chi connectivity index (χ3v) is 5.64. The molecule has 2 amide bonds. The van der Waals surface area contributed by atoms with Crippen LogP contribution in [0.15, 0.2) is 22.8 Å². The molecule has 2 N–H and O–H groups in total. The van der Waals surface area contributed by atoms with Crippen LogP contribution < -0.4 is 10.6 Å². The van der Waals surface area contributed by atoms with Gasteiger partial charge in [-0.1, -0.05) is 13.8 Å². The molecule has 2 aromatic heterocycles. The summed E-state index contributed by atoms with van der Waals surface area (Å²) >= 11 is 0. The molecule has 4 heterocycles. The lowest BCUT2D eigenvalue weighted by atomic mass is 9.80. The highest BCUT2D eigenvalue weighted by Gasteiger charge is 2.46. The quantitative estimate of drug-likeness (QED) is 0.803. The van der Waals surface area contributed by atoms with Gasteiger partial charge in [-0.3, -0.25) is 0 Å². The van der Waals surface area contributed by atoms with Gasteiger partial charge in [0.2, 0.25) is 5.95 Å². The van der Waals surface area contributed by atoms with E-state index in [1.807, 2.05) is 24.0 Å². The highest BCUT2D eigenvalue weighted by Crippen LogP contribution is 2.40. The predicted octanol–water partition coefficient (Wildman–Crippen LogP) is 2.83. The molecule has 156 valence electrons. The first-order chi connectivity index (χ1) is 14.0. The summed E-state index contributed by atoms with van der Waals surface area (Å²) in [4.78, 5) is 23.9. The minimum absolute atomic E-state index is 0.00959. The number of aryl methyl sites for hydroxylation is 1. The van der Waals surface area contributed by atoms with Crippen molar-refractivity contribution in [1.29, 1.82) is 0 Å². The Hall–Kier alpha value is -2.61. The third kappa shape index (κ3) is 4.07. The van der Waals surface area contributed by atoms with E-state index < -0.39 is 0 Å². The number of fused-ring (bicyclic) bond motifs is 2. The maximum Gasteiger partial charge on any atom is 0.317 e. The molecule has 2 aromatic rings.